The maximum absolute atomic E-state index is 12.0. The number of carbonyl (C=O) groups excluding carboxylic acids is 1. The largest absolute Gasteiger partial charge is 0.398 e. The minimum Gasteiger partial charge on any atom is -0.398 e. The molecule has 96 valence electrons. The van der Waals surface area contributed by atoms with Crippen molar-refractivity contribution in [2.45, 2.75) is 33.1 Å². The van der Waals surface area contributed by atoms with Crippen LogP contribution in [0.3, 0.4) is 0 Å². The summed E-state index contributed by atoms with van der Waals surface area (Å²) in [5.41, 5.74) is 8.07. The van der Waals surface area contributed by atoms with Crippen LogP contribution in [0.5, 0.6) is 0 Å². The second-order valence-electron chi connectivity index (χ2n) is 4.49. The Labute approximate surface area is 105 Å². The molecule has 5 heteroatoms. The Bertz CT molecular complexity index is 652. The number of rotatable bonds is 3. The number of hydrogen-bond donors (Lipinski definition) is 2. The van der Waals surface area contributed by atoms with Crippen LogP contribution in [-0.2, 0) is 0 Å². The number of H-pyrrole nitrogens is 1. The van der Waals surface area contributed by atoms with E-state index in [4.69, 9.17) is 5.73 Å². The van der Waals surface area contributed by atoms with E-state index in [1.807, 2.05) is 13.8 Å². The topological polar surface area (TPSA) is 80.9 Å². The van der Waals surface area contributed by atoms with Gasteiger partial charge in [-0.25, -0.2) is 9.36 Å². The van der Waals surface area contributed by atoms with Crippen LogP contribution in [-0.4, -0.2) is 15.5 Å². The van der Waals surface area contributed by atoms with Gasteiger partial charge in [-0.3, -0.25) is 4.79 Å². The fourth-order valence-electron chi connectivity index (χ4n) is 1.96. The van der Waals surface area contributed by atoms with Crippen molar-refractivity contribution in [3.8, 4) is 0 Å². The molecule has 0 aliphatic heterocycles. The molecule has 0 radical (unpaired) electrons. The van der Waals surface area contributed by atoms with Crippen molar-refractivity contribution in [1.82, 2.24) is 9.55 Å². The highest BCUT2D eigenvalue weighted by molar-refractivity contribution is 5.91. The number of benzene rings is 1. The molecule has 0 saturated heterocycles. The number of carbonyl (C=O) groups is 1. The number of aromatic nitrogens is 2. The van der Waals surface area contributed by atoms with Crippen LogP contribution in [0.4, 0.5) is 5.69 Å². The van der Waals surface area contributed by atoms with Gasteiger partial charge in [0.15, 0.2) is 0 Å². The fraction of sp³-hybridized carbons (Fsp3) is 0.385. The summed E-state index contributed by atoms with van der Waals surface area (Å²) in [5, 5.41) is 0. The highest BCUT2D eigenvalue weighted by Gasteiger charge is 2.14. The second-order valence-corrected chi connectivity index (χ2v) is 4.49. The van der Waals surface area contributed by atoms with Crippen LogP contribution in [0.15, 0.2) is 16.9 Å². The first-order chi connectivity index (χ1) is 8.54. The summed E-state index contributed by atoms with van der Waals surface area (Å²) in [6.45, 7) is 3.86. The molecular weight excluding hydrogens is 230 g/mol. The molecule has 0 unspecified atom stereocenters. The van der Waals surface area contributed by atoms with Crippen LogP contribution in [0, 0.1) is 6.92 Å². The lowest BCUT2D eigenvalue weighted by atomic mass is 10.2. The van der Waals surface area contributed by atoms with E-state index in [1.54, 1.807) is 12.1 Å². The van der Waals surface area contributed by atoms with Crippen LogP contribution >= 0.6 is 0 Å². The normalized spacial score (nSPS) is 11.0. The van der Waals surface area contributed by atoms with Gasteiger partial charge in [0.25, 0.3) is 0 Å². The van der Waals surface area contributed by atoms with Gasteiger partial charge >= 0.3 is 5.69 Å². The molecule has 5 nitrogen and oxygen atoms in total. The van der Waals surface area contributed by atoms with Crippen LogP contribution in [0.25, 0.3) is 11.0 Å². The number of hydrogen-bond acceptors (Lipinski definition) is 3. The third kappa shape index (κ3) is 2.03. The Hall–Kier alpha value is -2.04. The van der Waals surface area contributed by atoms with Gasteiger partial charge in [-0.1, -0.05) is 13.3 Å². The van der Waals surface area contributed by atoms with Gasteiger partial charge in [-0.05, 0) is 31.0 Å². The third-order valence-electron chi connectivity index (χ3n) is 3.06. The molecule has 18 heavy (non-hydrogen) atoms. The lowest BCUT2D eigenvalue weighted by molar-refractivity contribution is 0.0901. The predicted molar refractivity (Wildman–Crippen MR) is 71.9 cm³/mol. The summed E-state index contributed by atoms with van der Waals surface area (Å²) in [4.78, 5) is 26.5. The summed E-state index contributed by atoms with van der Waals surface area (Å²) < 4.78 is 1.21. The number of unbranched alkanes of at least 4 members (excludes halogenated alkanes) is 1. The molecule has 1 aromatic heterocycles. The van der Waals surface area contributed by atoms with Crippen molar-refractivity contribution in [2.24, 2.45) is 0 Å². The SMILES string of the molecule is CCCCC(=O)n1c(=O)[nH]c2cc(N)c(C)cc21. The van der Waals surface area contributed by atoms with Crippen LogP contribution in [0.1, 0.15) is 36.5 Å². The van der Waals surface area contributed by atoms with E-state index in [0.29, 0.717) is 23.1 Å². The number of fused-ring (bicyclic) bond motifs is 1. The molecule has 1 heterocycles. The molecule has 0 aliphatic rings. The molecule has 0 amide bonds. The number of nitrogens with two attached hydrogens (primary N) is 1. The first-order valence-electron chi connectivity index (χ1n) is 6.08. The summed E-state index contributed by atoms with van der Waals surface area (Å²) in [6, 6.07) is 3.46. The fourth-order valence-corrected chi connectivity index (χ4v) is 1.96. The minimum atomic E-state index is -0.392. The molecule has 0 bridgehead atoms. The van der Waals surface area contributed by atoms with Crippen LogP contribution in [0.2, 0.25) is 0 Å². The first kappa shape index (κ1) is 12.4. The lowest BCUT2D eigenvalue weighted by Gasteiger charge is -2.03. The van der Waals surface area contributed by atoms with Crippen molar-refractivity contribution in [3.63, 3.8) is 0 Å². The Kier molecular flexibility index (Phi) is 3.23. The number of aromatic amines is 1. The molecular formula is C13H17N3O2. The van der Waals surface area contributed by atoms with Gasteiger partial charge in [0.2, 0.25) is 5.91 Å². The Morgan fingerprint density at radius 2 is 2.17 bits per heavy atom. The van der Waals surface area contributed by atoms with Gasteiger partial charge < -0.3 is 10.7 Å². The van der Waals surface area contributed by atoms with Crippen molar-refractivity contribution < 1.29 is 4.79 Å². The van der Waals surface area contributed by atoms with E-state index in [9.17, 15) is 9.59 Å². The number of nitrogens with zero attached hydrogens (tertiary/aromatic N) is 1. The van der Waals surface area contributed by atoms with E-state index in [1.165, 1.54) is 4.57 Å². The second kappa shape index (κ2) is 4.68. The van der Waals surface area contributed by atoms with Gasteiger partial charge in [0.1, 0.15) is 0 Å². The summed E-state index contributed by atoms with van der Waals surface area (Å²) >= 11 is 0. The monoisotopic (exact) mass is 247 g/mol. The molecule has 2 rings (SSSR count). The van der Waals surface area contributed by atoms with Gasteiger partial charge in [-0.2, -0.15) is 0 Å². The Morgan fingerprint density at radius 3 is 2.83 bits per heavy atom. The predicted octanol–water partition coefficient (Wildman–Crippen LogP) is 2.05. The first-order valence-corrected chi connectivity index (χ1v) is 6.08. The number of anilines is 1. The highest BCUT2D eigenvalue weighted by atomic mass is 16.2. The summed E-state index contributed by atoms with van der Waals surface area (Å²) in [7, 11) is 0. The molecule has 0 aliphatic carbocycles. The van der Waals surface area contributed by atoms with Crippen molar-refractivity contribution in [3.05, 3.63) is 28.2 Å². The molecule has 2 aromatic rings. The maximum atomic E-state index is 12.0. The maximum Gasteiger partial charge on any atom is 0.333 e. The molecule has 0 saturated carbocycles. The zero-order chi connectivity index (χ0) is 13.3. The van der Waals surface area contributed by atoms with Crippen LogP contribution < -0.4 is 11.4 Å². The average Bonchev–Trinajstić information content (AvgIpc) is 2.62. The van der Waals surface area contributed by atoms with Crippen molar-refractivity contribution >= 4 is 22.6 Å². The average molecular weight is 247 g/mol. The molecule has 0 spiro atoms. The van der Waals surface area contributed by atoms with E-state index in [-0.39, 0.29) is 5.91 Å². The van der Waals surface area contributed by atoms with Gasteiger partial charge in [-0.15, -0.1) is 0 Å². The summed E-state index contributed by atoms with van der Waals surface area (Å²) in [6.07, 6.45) is 2.09. The Balaban J connectivity index is 2.56. The van der Waals surface area contributed by atoms with Gasteiger partial charge in [0, 0.05) is 12.1 Å². The number of aryl methyl sites for hydroxylation is 1. The van der Waals surface area contributed by atoms with Gasteiger partial charge in [0.05, 0.1) is 11.0 Å². The number of nitrogen functional groups attached to an aromatic ring is 1. The Morgan fingerprint density at radius 1 is 1.44 bits per heavy atom. The van der Waals surface area contributed by atoms with E-state index >= 15 is 0 Å². The van der Waals surface area contributed by atoms with Crippen molar-refractivity contribution in [1.29, 1.82) is 0 Å². The molecule has 0 fully saturated rings. The third-order valence-corrected chi connectivity index (χ3v) is 3.06. The quantitative estimate of drug-likeness (QED) is 0.814. The molecule has 1 aromatic carbocycles. The molecule has 3 N–H and O–H groups in total. The minimum absolute atomic E-state index is 0.169. The van der Waals surface area contributed by atoms with Crippen molar-refractivity contribution in [2.75, 3.05) is 5.73 Å². The lowest BCUT2D eigenvalue weighted by Crippen LogP contribution is -2.23. The molecule has 0 atom stereocenters. The number of nitrogens with one attached hydrogen (secondary N) is 1. The zero-order valence-electron chi connectivity index (χ0n) is 10.6. The smallest absolute Gasteiger partial charge is 0.333 e. The van der Waals surface area contributed by atoms with E-state index < -0.39 is 5.69 Å². The standard InChI is InChI=1S/C13H17N3O2/c1-3-4-5-12(17)16-11-6-8(2)9(14)7-10(11)15-13(16)18/h6-7H,3-5,14H2,1-2H3,(H,15,18). The number of imidazole rings is 1. The highest BCUT2D eigenvalue weighted by Crippen LogP contribution is 2.19. The zero-order valence-corrected chi connectivity index (χ0v) is 10.6. The van der Waals surface area contributed by atoms with E-state index in [2.05, 4.69) is 4.98 Å². The summed E-state index contributed by atoms with van der Waals surface area (Å²) in [5.74, 6) is -0.169. The van der Waals surface area contributed by atoms with E-state index in [0.717, 1.165) is 18.4 Å².